The van der Waals surface area contributed by atoms with Crippen molar-refractivity contribution in [2.75, 3.05) is 17.9 Å². The van der Waals surface area contributed by atoms with Gasteiger partial charge in [0.15, 0.2) is 0 Å². The number of carboxylic acid groups (broad SMARTS) is 1. The van der Waals surface area contributed by atoms with Gasteiger partial charge in [0.05, 0.1) is 11.7 Å². The first-order valence-electron chi connectivity index (χ1n) is 9.31. The number of fused-ring (bicyclic) bond motifs is 2. The fourth-order valence-corrected chi connectivity index (χ4v) is 4.97. The molecule has 144 valence electrons. The SMILES string of the molecule is CN1Sc2cc(Br)ccc2C(NCCCCCCC(=O)O)c2ccccc21. The van der Waals surface area contributed by atoms with Crippen molar-refractivity contribution in [2.24, 2.45) is 0 Å². The first-order valence-corrected chi connectivity index (χ1v) is 10.9. The number of carbonyl (C=O) groups is 1. The molecule has 3 rings (SSSR count). The van der Waals surface area contributed by atoms with Crippen molar-refractivity contribution in [1.82, 2.24) is 5.32 Å². The Morgan fingerprint density at radius 3 is 2.74 bits per heavy atom. The molecule has 0 saturated heterocycles. The van der Waals surface area contributed by atoms with Gasteiger partial charge >= 0.3 is 5.97 Å². The fourth-order valence-electron chi connectivity index (χ4n) is 3.43. The Bertz CT molecular complexity index is 800. The van der Waals surface area contributed by atoms with Crippen LogP contribution in [0.25, 0.3) is 0 Å². The third-order valence-electron chi connectivity index (χ3n) is 4.77. The molecule has 0 amide bonds. The number of aliphatic carboxylic acids is 1. The molecular formula is C21H25BrN2O2S. The molecule has 6 heteroatoms. The molecular weight excluding hydrogens is 424 g/mol. The van der Waals surface area contributed by atoms with E-state index >= 15 is 0 Å². The van der Waals surface area contributed by atoms with E-state index < -0.39 is 5.97 Å². The fraction of sp³-hybridized carbons (Fsp3) is 0.381. The number of hydrogen-bond donors (Lipinski definition) is 2. The molecule has 0 aliphatic carbocycles. The predicted molar refractivity (Wildman–Crippen MR) is 115 cm³/mol. The van der Waals surface area contributed by atoms with Gasteiger partial charge in [0.2, 0.25) is 0 Å². The molecule has 1 atom stereocenters. The van der Waals surface area contributed by atoms with Crippen molar-refractivity contribution in [3.63, 3.8) is 0 Å². The van der Waals surface area contributed by atoms with Crippen molar-refractivity contribution in [3.8, 4) is 0 Å². The van der Waals surface area contributed by atoms with Crippen LogP contribution in [-0.4, -0.2) is 24.7 Å². The smallest absolute Gasteiger partial charge is 0.303 e. The second kappa shape index (κ2) is 9.62. The minimum absolute atomic E-state index is 0.153. The first-order chi connectivity index (χ1) is 13.1. The Morgan fingerprint density at radius 2 is 1.93 bits per heavy atom. The highest BCUT2D eigenvalue weighted by Crippen LogP contribution is 2.43. The zero-order chi connectivity index (χ0) is 19.2. The topological polar surface area (TPSA) is 52.6 Å². The largest absolute Gasteiger partial charge is 0.481 e. The van der Waals surface area contributed by atoms with Crippen molar-refractivity contribution in [2.45, 2.75) is 43.0 Å². The van der Waals surface area contributed by atoms with Crippen LogP contribution in [0, 0.1) is 0 Å². The third kappa shape index (κ3) is 5.27. The first kappa shape index (κ1) is 20.2. The zero-order valence-corrected chi connectivity index (χ0v) is 17.9. The molecule has 0 spiro atoms. The number of nitrogens with one attached hydrogen (secondary N) is 1. The zero-order valence-electron chi connectivity index (χ0n) is 15.5. The number of hydrogen-bond acceptors (Lipinski definition) is 4. The van der Waals surface area contributed by atoms with Crippen LogP contribution in [0.1, 0.15) is 49.3 Å². The van der Waals surface area contributed by atoms with Gasteiger partial charge < -0.3 is 14.7 Å². The number of halogens is 1. The van der Waals surface area contributed by atoms with Gasteiger partial charge in [-0.1, -0.05) is 53.0 Å². The average Bonchev–Trinajstić information content (AvgIpc) is 2.75. The maximum absolute atomic E-state index is 10.6. The number of carboxylic acids is 1. The van der Waals surface area contributed by atoms with Gasteiger partial charge in [-0.2, -0.15) is 0 Å². The number of unbranched alkanes of at least 4 members (excludes halogenated alkanes) is 3. The van der Waals surface area contributed by atoms with Gasteiger partial charge in [0.25, 0.3) is 0 Å². The lowest BCUT2D eigenvalue weighted by Crippen LogP contribution is -2.24. The molecule has 0 bridgehead atoms. The minimum atomic E-state index is -0.701. The molecule has 2 N–H and O–H groups in total. The van der Waals surface area contributed by atoms with Crippen molar-refractivity contribution in [3.05, 3.63) is 58.1 Å². The second-order valence-electron chi connectivity index (χ2n) is 6.77. The van der Waals surface area contributed by atoms with E-state index in [4.69, 9.17) is 5.11 Å². The van der Waals surface area contributed by atoms with E-state index in [-0.39, 0.29) is 12.5 Å². The summed E-state index contributed by atoms with van der Waals surface area (Å²) in [6.07, 6.45) is 4.11. The van der Waals surface area contributed by atoms with Crippen molar-refractivity contribution < 1.29 is 9.90 Å². The molecule has 0 fully saturated rings. The van der Waals surface area contributed by atoms with E-state index in [2.05, 4.69) is 75.1 Å². The van der Waals surface area contributed by atoms with Gasteiger partial charge in [0, 0.05) is 22.8 Å². The molecule has 2 aromatic rings. The molecule has 1 unspecified atom stereocenters. The molecule has 0 radical (unpaired) electrons. The molecule has 0 aromatic heterocycles. The number of nitrogens with zero attached hydrogens (tertiary/aromatic N) is 1. The van der Waals surface area contributed by atoms with E-state index in [1.807, 2.05) is 0 Å². The average molecular weight is 449 g/mol. The standard InChI is InChI=1S/C21H25BrN2O2S/c1-24-18-9-6-5-8-16(18)21(17-12-11-15(22)14-19(17)27-24)23-13-7-3-2-4-10-20(25)26/h5-6,8-9,11-12,14,21,23H,2-4,7,10,13H2,1H3,(H,25,26). The summed E-state index contributed by atoms with van der Waals surface area (Å²) in [6.45, 7) is 0.913. The van der Waals surface area contributed by atoms with Gasteiger partial charge in [-0.3, -0.25) is 4.79 Å². The summed E-state index contributed by atoms with van der Waals surface area (Å²) in [7, 11) is 2.11. The van der Waals surface area contributed by atoms with E-state index in [9.17, 15) is 4.79 Å². The highest BCUT2D eigenvalue weighted by molar-refractivity contribution is 9.10. The van der Waals surface area contributed by atoms with Crippen LogP contribution in [0.15, 0.2) is 51.8 Å². The lowest BCUT2D eigenvalue weighted by Gasteiger charge is -2.22. The summed E-state index contributed by atoms with van der Waals surface area (Å²) in [5.74, 6) is -0.701. The summed E-state index contributed by atoms with van der Waals surface area (Å²) in [5, 5.41) is 12.5. The van der Waals surface area contributed by atoms with Gasteiger partial charge in [-0.25, -0.2) is 0 Å². The summed E-state index contributed by atoms with van der Waals surface area (Å²) < 4.78 is 3.32. The predicted octanol–water partition coefficient (Wildman–Crippen LogP) is 5.62. The summed E-state index contributed by atoms with van der Waals surface area (Å²) >= 11 is 5.35. The van der Waals surface area contributed by atoms with E-state index in [0.717, 1.165) is 36.7 Å². The van der Waals surface area contributed by atoms with Crippen LogP contribution < -0.4 is 9.62 Å². The van der Waals surface area contributed by atoms with Crippen LogP contribution in [0.2, 0.25) is 0 Å². The summed E-state index contributed by atoms with van der Waals surface area (Å²) in [5.41, 5.74) is 3.82. The van der Waals surface area contributed by atoms with E-state index in [1.165, 1.54) is 21.7 Å². The number of anilines is 1. The Kier molecular flexibility index (Phi) is 7.21. The van der Waals surface area contributed by atoms with E-state index in [1.54, 1.807) is 11.9 Å². The summed E-state index contributed by atoms with van der Waals surface area (Å²) in [6, 6.07) is 15.2. The lowest BCUT2D eigenvalue weighted by atomic mass is 9.96. The Morgan fingerprint density at radius 1 is 1.15 bits per heavy atom. The maximum Gasteiger partial charge on any atom is 0.303 e. The molecule has 2 aromatic carbocycles. The molecule has 1 heterocycles. The molecule has 1 aliphatic heterocycles. The lowest BCUT2D eigenvalue weighted by molar-refractivity contribution is -0.137. The quantitative estimate of drug-likeness (QED) is 0.405. The van der Waals surface area contributed by atoms with Crippen LogP contribution in [0.4, 0.5) is 5.69 Å². The maximum atomic E-state index is 10.6. The monoisotopic (exact) mass is 448 g/mol. The number of benzene rings is 2. The third-order valence-corrected chi connectivity index (χ3v) is 6.29. The van der Waals surface area contributed by atoms with Crippen LogP contribution >= 0.6 is 27.9 Å². The number of rotatable bonds is 8. The van der Waals surface area contributed by atoms with Gasteiger partial charge in [-0.05, 0) is 60.7 Å². The Labute approximate surface area is 173 Å². The van der Waals surface area contributed by atoms with Gasteiger partial charge in [0.1, 0.15) is 0 Å². The molecule has 1 aliphatic rings. The minimum Gasteiger partial charge on any atom is -0.481 e. The van der Waals surface area contributed by atoms with Crippen molar-refractivity contribution >= 4 is 39.5 Å². The molecule has 0 saturated carbocycles. The van der Waals surface area contributed by atoms with E-state index in [0.29, 0.717) is 0 Å². The number of para-hydroxylation sites is 1. The highest BCUT2D eigenvalue weighted by atomic mass is 79.9. The molecule has 27 heavy (non-hydrogen) atoms. The Balaban J connectivity index is 1.71. The molecule has 4 nitrogen and oxygen atoms in total. The van der Waals surface area contributed by atoms with Gasteiger partial charge in [-0.15, -0.1) is 0 Å². The van der Waals surface area contributed by atoms with Crippen LogP contribution in [0.5, 0.6) is 0 Å². The normalized spacial score (nSPS) is 15.8. The summed E-state index contributed by atoms with van der Waals surface area (Å²) in [4.78, 5) is 11.8. The second-order valence-corrected chi connectivity index (χ2v) is 8.86. The highest BCUT2D eigenvalue weighted by Gasteiger charge is 2.26. The van der Waals surface area contributed by atoms with Crippen LogP contribution in [0.3, 0.4) is 0 Å². The van der Waals surface area contributed by atoms with Crippen LogP contribution in [-0.2, 0) is 4.79 Å². The Hall–Kier alpha value is -1.50. The van der Waals surface area contributed by atoms with Crippen molar-refractivity contribution in [1.29, 1.82) is 0 Å².